The van der Waals surface area contributed by atoms with Gasteiger partial charge in [-0.15, -0.1) is 10.2 Å². The van der Waals surface area contributed by atoms with Crippen molar-refractivity contribution in [2.24, 2.45) is 0 Å². The van der Waals surface area contributed by atoms with Crippen LogP contribution in [0.25, 0.3) is 11.5 Å². The van der Waals surface area contributed by atoms with Gasteiger partial charge in [-0.25, -0.2) is 17.9 Å². The molecule has 158 valence electrons. The summed E-state index contributed by atoms with van der Waals surface area (Å²) in [7, 11) is -3.64. The molecular formula is C20H20ClN3O5S. The number of sulfonamides is 1. The lowest BCUT2D eigenvalue weighted by Gasteiger charge is -2.12. The van der Waals surface area contributed by atoms with Crippen molar-refractivity contribution >= 4 is 27.6 Å². The van der Waals surface area contributed by atoms with Crippen molar-refractivity contribution in [2.75, 3.05) is 0 Å². The van der Waals surface area contributed by atoms with E-state index in [-0.39, 0.29) is 34.9 Å². The number of halogens is 1. The zero-order valence-electron chi connectivity index (χ0n) is 16.3. The molecule has 0 amide bonds. The van der Waals surface area contributed by atoms with Crippen LogP contribution in [0.5, 0.6) is 0 Å². The van der Waals surface area contributed by atoms with E-state index < -0.39 is 16.0 Å². The van der Waals surface area contributed by atoms with Gasteiger partial charge in [0.15, 0.2) is 6.61 Å². The Morgan fingerprint density at radius 2 is 1.80 bits per heavy atom. The molecule has 0 aliphatic carbocycles. The highest BCUT2D eigenvalue weighted by Crippen LogP contribution is 2.20. The van der Waals surface area contributed by atoms with E-state index in [9.17, 15) is 13.2 Å². The molecule has 0 aliphatic heterocycles. The van der Waals surface area contributed by atoms with Gasteiger partial charge in [-0.2, -0.15) is 0 Å². The number of ether oxygens (including phenoxy) is 1. The fraction of sp³-hybridized carbons (Fsp3) is 0.250. The van der Waals surface area contributed by atoms with Crippen LogP contribution in [-0.4, -0.2) is 30.6 Å². The van der Waals surface area contributed by atoms with Crippen LogP contribution in [-0.2, 0) is 21.4 Å². The minimum Gasteiger partial charge on any atom is -0.452 e. The number of nitrogens with zero attached hydrogens (tertiary/aromatic N) is 2. The first-order valence-electron chi connectivity index (χ1n) is 9.16. The van der Waals surface area contributed by atoms with Crippen LogP contribution in [0.15, 0.2) is 57.8 Å². The standard InChI is InChI=1S/C20H20ClN3O5S/c1-3-13(2)24-30(26,27)17-10-6-15(7-11-17)20(25)28-12-18-22-23-19(29-18)14-4-8-16(21)9-5-14/h4-11,13,24H,3,12H2,1-2H3. The lowest BCUT2D eigenvalue weighted by molar-refractivity contribution is 0.0438. The molecule has 3 rings (SSSR count). The number of nitrogens with one attached hydrogen (secondary N) is 1. The van der Waals surface area contributed by atoms with Crippen LogP contribution < -0.4 is 4.72 Å². The summed E-state index contributed by atoms with van der Waals surface area (Å²) in [5.41, 5.74) is 0.891. The van der Waals surface area contributed by atoms with Gasteiger partial charge in [-0.3, -0.25) is 0 Å². The maximum atomic E-state index is 12.3. The molecule has 2 aromatic carbocycles. The Kier molecular flexibility index (Phi) is 6.86. The third kappa shape index (κ3) is 5.44. The first-order valence-corrected chi connectivity index (χ1v) is 11.0. The predicted molar refractivity (Wildman–Crippen MR) is 110 cm³/mol. The molecule has 8 nitrogen and oxygen atoms in total. The number of carbonyl (C=O) groups excluding carboxylic acids is 1. The second-order valence-electron chi connectivity index (χ2n) is 6.54. The summed E-state index contributed by atoms with van der Waals surface area (Å²) >= 11 is 5.85. The summed E-state index contributed by atoms with van der Waals surface area (Å²) in [6, 6.07) is 12.2. The monoisotopic (exact) mass is 449 g/mol. The minimum atomic E-state index is -3.64. The largest absolute Gasteiger partial charge is 0.452 e. The maximum absolute atomic E-state index is 12.3. The SMILES string of the molecule is CCC(C)NS(=O)(=O)c1ccc(C(=O)OCc2nnc(-c3ccc(Cl)cc3)o2)cc1. The summed E-state index contributed by atoms with van der Waals surface area (Å²) in [5, 5.41) is 8.34. The van der Waals surface area contributed by atoms with Crippen LogP contribution in [0.3, 0.4) is 0 Å². The van der Waals surface area contributed by atoms with E-state index in [0.717, 1.165) is 0 Å². The number of hydrogen-bond donors (Lipinski definition) is 1. The minimum absolute atomic E-state index is 0.0730. The third-order valence-electron chi connectivity index (χ3n) is 4.25. The summed E-state index contributed by atoms with van der Waals surface area (Å²) in [4.78, 5) is 12.3. The second-order valence-corrected chi connectivity index (χ2v) is 8.69. The van der Waals surface area contributed by atoms with Gasteiger partial charge < -0.3 is 9.15 Å². The van der Waals surface area contributed by atoms with Crippen LogP contribution in [0.4, 0.5) is 0 Å². The molecule has 1 N–H and O–H groups in total. The normalized spacial score (nSPS) is 12.5. The number of hydrogen-bond acceptors (Lipinski definition) is 7. The lowest BCUT2D eigenvalue weighted by Crippen LogP contribution is -2.32. The zero-order valence-corrected chi connectivity index (χ0v) is 17.9. The molecule has 0 fully saturated rings. The molecule has 1 atom stereocenters. The Labute approximate surface area is 179 Å². The van der Waals surface area contributed by atoms with Gasteiger partial charge in [0.2, 0.25) is 15.9 Å². The van der Waals surface area contributed by atoms with Gasteiger partial charge in [0.25, 0.3) is 5.89 Å². The molecule has 0 aliphatic rings. The van der Waals surface area contributed by atoms with Crippen LogP contribution >= 0.6 is 11.6 Å². The summed E-state index contributed by atoms with van der Waals surface area (Å²) < 4.78 is 37.7. The number of esters is 1. The summed E-state index contributed by atoms with van der Waals surface area (Å²) in [5.74, 6) is -0.230. The van der Waals surface area contributed by atoms with E-state index in [1.807, 2.05) is 6.92 Å². The molecule has 10 heteroatoms. The average molecular weight is 450 g/mol. The van der Waals surface area contributed by atoms with Crippen molar-refractivity contribution in [1.82, 2.24) is 14.9 Å². The van der Waals surface area contributed by atoms with Crippen LogP contribution in [0, 0.1) is 0 Å². The van der Waals surface area contributed by atoms with Gasteiger partial charge >= 0.3 is 5.97 Å². The van der Waals surface area contributed by atoms with Crippen LogP contribution in [0.1, 0.15) is 36.5 Å². The highest BCUT2D eigenvalue weighted by Gasteiger charge is 2.18. The molecule has 0 radical (unpaired) electrons. The topological polar surface area (TPSA) is 111 Å². The Bertz CT molecular complexity index is 1110. The van der Waals surface area contributed by atoms with Gasteiger partial charge in [0, 0.05) is 16.6 Å². The molecule has 30 heavy (non-hydrogen) atoms. The third-order valence-corrected chi connectivity index (χ3v) is 6.11. The number of rotatable bonds is 8. The Hall–Kier alpha value is -2.75. The molecule has 0 bridgehead atoms. The molecular weight excluding hydrogens is 430 g/mol. The predicted octanol–water partition coefficient (Wildman–Crippen LogP) is 3.82. The van der Waals surface area contributed by atoms with Gasteiger partial charge in [0.1, 0.15) is 0 Å². The van der Waals surface area contributed by atoms with E-state index in [2.05, 4.69) is 14.9 Å². The Balaban J connectivity index is 1.61. The molecule has 0 spiro atoms. The van der Waals surface area contributed by atoms with Crippen molar-refractivity contribution in [3.05, 3.63) is 65.0 Å². The second kappa shape index (κ2) is 9.38. The molecule has 1 aromatic heterocycles. The van der Waals surface area contributed by atoms with Gasteiger partial charge in [-0.05, 0) is 61.9 Å². The molecule has 0 saturated heterocycles. The smallest absolute Gasteiger partial charge is 0.338 e. The van der Waals surface area contributed by atoms with E-state index in [1.54, 1.807) is 31.2 Å². The zero-order chi connectivity index (χ0) is 21.7. The maximum Gasteiger partial charge on any atom is 0.338 e. The molecule has 1 heterocycles. The van der Waals surface area contributed by atoms with E-state index in [0.29, 0.717) is 17.0 Å². The Morgan fingerprint density at radius 1 is 1.13 bits per heavy atom. The lowest BCUT2D eigenvalue weighted by atomic mass is 10.2. The van der Waals surface area contributed by atoms with Crippen molar-refractivity contribution < 1.29 is 22.4 Å². The van der Waals surface area contributed by atoms with Gasteiger partial charge in [-0.1, -0.05) is 18.5 Å². The number of benzene rings is 2. The first-order chi connectivity index (χ1) is 14.3. The van der Waals surface area contributed by atoms with Crippen molar-refractivity contribution in [1.29, 1.82) is 0 Å². The molecule has 0 saturated carbocycles. The molecule has 1 unspecified atom stereocenters. The van der Waals surface area contributed by atoms with Crippen molar-refractivity contribution in [3.63, 3.8) is 0 Å². The van der Waals surface area contributed by atoms with E-state index in [1.165, 1.54) is 24.3 Å². The van der Waals surface area contributed by atoms with Gasteiger partial charge in [0.05, 0.1) is 10.5 Å². The van der Waals surface area contributed by atoms with Crippen LogP contribution in [0.2, 0.25) is 5.02 Å². The fourth-order valence-corrected chi connectivity index (χ4v) is 3.87. The summed E-state index contributed by atoms with van der Waals surface area (Å²) in [6.07, 6.45) is 0.666. The highest BCUT2D eigenvalue weighted by atomic mass is 35.5. The first kappa shape index (κ1) is 21.9. The van der Waals surface area contributed by atoms with E-state index >= 15 is 0 Å². The summed E-state index contributed by atoms with van der Waals surface area (Å²) in [6.45, 7) is 3.45. The van der Waals surface area contributed by atoms with Crippen molar-refractivity contribution in [2.45, 2.75) is 37.8 Å². The fourth-order valence-electron chi connectivity index (χ4n) is 2.42. The average Bonchev–Trinajstić information content (AvgIpc) is 3.21. The highest BCUT2D eigenvalue weighted by molar-refractivity contribution is 7.89. The van der Waals surface area contributed by atoms with E-state index in [4.69, 9.17) is 20.8 Å². The number of aromatic nitrogens is 2. The quantitative estimate of drug-likeness (QED) is 0.520. The number of carbonyl (C=O) groups is 1. The Morgan fingerprint density at radius 3 is 2.43 bits per heavy atom. The van der Waals surface area contributed by atoms with Crippen molar-refractivity contribution in [3.8, 4) is 11.5 Å². The molecule has 3 aromatic rings.